The Morgan fingerprint density at radius 3 is 2.62 bits per heavy atom. The van der Waals surface area contributed by atoms with Crippen molar-refractivity contribution < 1.29 is 14.7 Å². The Morgan fingerprint density at radius 1 is 1.25 bits per heavy atom. The summed E-state index contributed by atoms with van der Waals surface area (Å²) in [7, 11) is 0. The largest absolute Gasteiger partial charge is 0.477 e. The predicted octanol–water partition coefficient (Wildman–Crippen LogP) is 3.54. The smallest absolute Gasteiger partial charge is 0.343 e. The second-order valence-corrected chi connectivity index (χ2v) is 8.81. The first-order valence-corrected chi connectivity index (χ1v) is 11.6. The molecule has 1 fully saturated rings. The van der Waals surface area contributed by atoms with Crippen molar-refractivity contribution in [2.24, 2.45) is 5.92 Å². The van der Waals surface area contributed by atoms with E-state index in [4.69, 9.17) is 0 Å². The minimum atomic E-state index is -1.34. The van der Waals surface area contributed by atoms with Gasteiger partial charge in [0.2, 0.25) is 10.6 Å². The summed E-state index contributed by atoms with van der Waals surface area (Å²) >= 11 is 1.07. The molecule has 1 unspecified atom stereocenters. The summed E-state index contributed by atoms with van der Waals surface area (Å²) in [5.41, 5.74) is -0.620. The van der Waals surface area contributed by atoms with Crippen LogP contribution in [0.15, 0.2) is 23.4 Å². The number of pyridine rings is 2. The minimum Gasteiger partial charge on any atom is -0.477 e. The molecule has 0 aliphatic carbocycles. The third-order valence-corrected chi connectivity index (χ3v) is 6.55. The van der Waals surface area contributed by atoms with Crippen molar-refractivity contribution in [2.75, 3.05) is 18.0 Å². The Labute approximate surface area is 188 Å². The van der Waals surface area contributed by atoms with Gasteiger partial charge in [-0.15, -0.1) is 0 Å². The fourth-order valence-corrected chi connectivity index (χ4v) is 4.59. The molecular formula is C22H25N5O4S. The number of Topliss-reactive ketones (excluding diaryl/α,β-unsaturated/α-hetero) is 1. The van der Waals surface area contributed by atoms with E-state index in [1.807, 2.05) is 11.8 Å². The van der Waals surface area contributed by atoms with Crippen LogP contribution in [0.1, 0.15) is 66.7 Å². The lowest BCUT2D eigenvalue weighted by atomic mass is 9.92. The Kier molecular flexibility index (Phi) is 6.31. The SMILES string of the molecule is CCCCCC(C)C(=O)c1ccnc2c1c(=O)c(C(=O)O)c(N1CCC1)n2-c1ncns1. The maximum absolute atomic E-state index is 13.5. The number of nitrogens with zero attached hydrogens (tertiary/aromatic N) is 5. The third-order valence-electron chi connectivity index (χ3n) is 5.90. The van der Waals surface area contributed by atoms with Gasteiger partial charge in [0.05, 0.1) is 5.39 Å². The van der Waals surface area contributed by atoms with E-state index in [2.05, 4.69) is 21.3 Å². The number of rotatable bonds is 9. The van der Waals surface area contributed by atoms with E-state index in [-0.39, 0.29) is 39.7 Å². The van der Waals surface area contributed by atoms with Crippen molar-refractivity contribution in [1.29, 1.82) is 0 Å². The zero-order valence-electron chi connectivity index (χ0n) is 18.1. The molecule has 3 aromatic heterocycles. The number of anilines is 1. The van der Waals surface area contributed by atoms with Crippen LogP contribution in [0.5, 0.6) is 0 Å². The maximum Gasteiger partial charge on any atom is 0.343 e. The van der Waals surface area contributed by atoms with Gasteiger partial charge in [-0.25, -0.2) is 14.8 Å². The lowest BCUT2D eigenvalue weighted by Crippen LogP contribution is -2.42. The van der Waals surface area contributed by atoms with E-state index in [1.54, 1.807) is 4.57 Å². The van der Waals surface area contributed by atoms with Crippen LogP contribution in [0.25, 0.3) is 16.2 Å². The Balaban J connectivity index is 1.99. The second-order valence-electron chi connectivity index (χ2n) is 8.05. The standard InChI is InChI=1S/C22H25N5O4S/c1-3-4-5-7-13(2)17(28)14-8-9-23-19-15(14)18(29)16(21(30)31)20(26-10-6-11-26)27(19)22-24-12-25-32-22/h8-9,12-13H,3-7,10-11H2,1-2H3,(H,30,31). The second kappa shape index (κ2) is 9.15. The van der Waals surface area contributed by atoms with E-state index < -0.39 is 11.4 Å². The summed E-state index contributed by atoms with van der Waals surface area (Å²) < 4.78 is 5.61. The van der Waals surface area contributed by atoms with Gasteiger partial charge in [0, 0.05) is 42.3 Å². The van der Waals surface area contributed by atoms with Crippen molar-refractivity contribution in [3.63, 3.8) is 0 Å². The zero-order valence-corrected chi connectivity index (χ0v) is 18.9. The molecular weight excluding hydrogens is 430 g/mol. The average Bonchev–Trinajstić information content (AvgIpc) is 3.26. The highest BCUT2D eigenvalue weighted by Crippen LogP contribution is 2.32. The van der Waals surface area contributed by atoms with Crippen LogP contribution in [0.4, 0.5) is 5.82 Å². The summed E-state index contributed by atoms with van der Waals surface area (Å²) in [6, 6.07) is 1.52. The molecule has 1 saturated heterocycles. The third kappa shape index (κ3) is 3.79. The molecule has 10 heteroatoms. The number of hydrogen-bond acceptors (Lipinski definition) is 8. The van der Waals surface area contributed by atoms with Crippen LogP contribution in [0.3, 0.4) is 0 Å². The molecule has 0 aromatic carbocycles. The maximum atomic E-state index is 13.5. The van der Waals surface area contributed by atoms with Gasteiger partial charge < -0.3 is 10.0 Å². The molecule has 32 heavy (non-hydrogen) atoms. The lowest BCUT2D eigenvalue weighted by molar-refractivity contribution is 0.0695. The number of carboxylic acid groups (broad SMARTS) is 1. The number of aromatic carboxylic acids is 1. The van der Waals surface area contributed by atoms with Crippen molar-refractivity contribution in [2.45, 2.75) is 46.0 Å². The number of aromatic nitrogens is 4. The van der Waals surface area contributed by atoms with Gasteiger partial charge >= 0.3 is 5.97 Å². The molecule has 3 aromatic rings. The van der Waals surface area contributed by atoms with Gasteiger partial charge in [-0.2, -0.15) is 4.37 Å². The molecule has 1 atom stereocenters. The Morgan fingerprint density at radius 2 is 2.03 bits per heavy atom. The lowest BCUT2D eigenvalue weighted by Gasteiger charge is -2.35. The van der Waals surface area contributed by atoms with Gasteiger partial charge in [0.15, 0.2) is 11.4 Å². The van der Waals surface area contributed by atoms with Gasteiger partial charge in [0.25, 0.3) is 0 Å². The molecule has 1 N–H and O–H groups in total. The zero-order chi connectivity index (χ0) is 22.8. The highest BCUT2D eigenvalue weighted by Gasteiger charge is 2.32. The first-order valence-electron chi connectivity index (χ1n) is 10.8. The van der Waals surface area contributed by atoms with Crippen molar-refractivity contribution in [3.8, 4) is 5.13 Å². The van der Waals surface area contributed by atoms with Crippen molar-refractivity contribution in [1.82, 2.24) is 18.9 Å². The Hall–Kier alpha value is -3.14. The van der Waals surface area contributed by atoms with E-state index in [0.29, 0.717) is 24.6 Å². The summed E-state index contributed by atoms with van der Waals surface area (Å²) in [5.74, 6) is -1.56. The van der Waals surface area contributed by atoms with E-state index in [1.165, 1.54) is 18.6 Å². The average molecular weight is 456 g/mol. The number of ketones is 1. The van der Waals surface area contributed by atoms with E-state index in [9.17, 15) is 19.5 Å². The number of carbonyl (C=O) groups is 2. The number of carbonyl (C=O) groups excluding carboxylic acids is 1. The van der Waals surface area contributed by atoms with Gasteiger partial charge in [0.1, 0.15) is 17.7 Å². The molecule has 0 spiro atoms. The number of carboxylic acids is 1. The molecule has 4 rings (SSSR count). The molecule has 1 aliphatic rings. The summed E-state index contributed by atoms with van der Waals surface area (Å²) in [6.07, 6.45) is 7.46. The van der Waals surface area contributed by atoms with Crippen molar-refractivity contribution in [3.05, 3.63) is 39.9 Å². The summed E-state index contributed by atoms with van der Waals surface area (Å²) in [4.78, 5) is 49.6. The molecule has 0 bridgehead atoms. The highest BCUT2D eigenvalue weighted by molar-refractivity contribution is 7.08. The molecule has 1 aliphatic heterocycles. The predicted molar refractivity (Wildman–Crippen MR) is 122 cm³/mol. The summed E-state index contributed by atoms with van der Waals surface area (Å²) in [5, 5.41) is 10.4. The number of unbranched alkanes of at least 4 members (excludes halogenated alkanes) is 2. The van der Waals surface area contributed by atoms with Crippen LogP contribution < -0.4 is 10.3 Å². The van der Waals surface area contributed by atoms with Gasteiger partial charge in [-0.05, 0) is 18.9 Å². The molecule has 168 valence electrons. The monoisotopic (exact) mass is 455 g/mol. The molecule has 4 heterocycles. The highest BCUT2D eigenvalue weighted by atomic mass is 32.1. The van der Waals surface area contributed by atoms with E-state index in [0.717, 1.165) is 37.2 Å². The topological polar surface area (TPSA) is 118 Å². The van der Waals surface area contributed by atoms with Gasteiger partial charge in [-0.3, -0.25) is 14.2 Å². The molecule has 9 nitrogen and oxygen atoms in total. The Bertz CT molecular complexity index is 1220. The molecule has 0 amide bonds. The summed E-state index contributed by atoms with van der Waals surface area (Å²) in [6.45, 7) is 5.19. The van der Waals surface area contributed by atoms with Crippen LogP contribution in [0.2, 0.25) is 0 Å². The molecule has 0 saturated carbocycles. The fraction of sp³-hybridized carbons (Fsp3) is 0.455. The first-order chi connectivity index (χ1) is 15.5. The number of hydrogen-bond donors (Lipinski definition) is 1. The fourth-order valence-electron chi connectivity index (χ4n) is 4.05. The van der Waals surface area contributed by atoms with Crippen LogP contribution >= 0.6 is 11.5 Å². The van der Waals surface area contributed by atoms with E-state index >= 15 is 0 Å². The van der Waals surface area contributed by atoms with Gasteiger partial charge in [-0.1, -0.05) is 33.1 Å². The van der Waals surface area contributed by atoms with Crippen LogP contribution in [-0.4, -0.2) is 48.9 Å². The minimum absolute atomic E-state index is 0.0247. The van der Waals surface area contributed by atoms with Crippen molar-refractivity contribution >= 4 is 40.1 Å². The number of fused-ring (bicyclic) bond motifs is 1. The van der Waals surface area contributed by atoms with Crippen LogP contribution in [-0.2, 0) is 0 Å². The first kappa shape index (κ1) is 22.1. The molecule has 0 radical (unpaired) electrons. The van der Waals surface area contributed by atoms with Crippen LogP contribution in [0, 0.1) is 5.92 Å². The normalized spacial score (nSPS) is 14.4. The quantitative estimate of drug-likeness (QED) is 0.384.